The van der Waals surface area contributed by atoms with Gasteiger partial charge in [0.05, 0.1) is 15.7 Å². The van der Waals surface area contributed by atoms with Gasteiger partial charge in [-0.15, -0.1) is 0 Å². The second-order valence-electron chi connectivity index (χ2n) is 5.63. The van der Waals surface area contributed by atoms with Crippen LogP contribution in [-0.2, 0) is 0 Å². The fourth-order valence-corrected chi connectivity index (χ4v) is 3.18. The van der Waals surface area contributed by atoms with Crippen molar-refractivity contribution in [2.75, 3.05) is 55.2 Å². The van der Waals surface area contributed by atoms with Crippen LogP contribution in [0.15, 0.2) is 30.5 Å². The molecule has 2 heterocycles. The molecule has 0 amide bonds. The lowest BCUT2D eigenvalue weighted by molar-refractivity contribution is 0.267. The number of nitrogen functional groups attached to an aromatic ring is 1. The Hall–Kier alpha value is -1.76. The summed E-state index contributed by atoms with van der Waals surface area (Å²) < 4.78 is 0. The lowest BCUT2D eigenvalue weighted by Crippen LogP contribution is -2.47. The van der Waals surface area contributed by atoms with Gasteiger partial charge in [0.2, 0.25) is 5.95 Å². The van der Waals surface area contributed by atoms with Gasteiger partial charge in [-0.2, -0.15) is 4.98 Å². The average Bonchev–Trinajstić information content (AvgIpc) is 2.58. The normalized spacial score (nSPS) is 15.5. The van der Waals surface area contributed by atoms with Crippen molar-refractivity contribution in [2.45, 2.75) is 0 Å². The van der Waals surface area contributed by atoms with Crippen LogP contribution in [0.5, 0.6) is 0 Å². The zero-order valence-corrected chi connectivity index (χ0v) is 14.8. The largest absolute Gasteiger partial charge is 0.369 e. The summed E-state index contributed by atoms with van der Waals surface area (Å²) in [5.74, 6) is 1.04. The fraction of sp³-hybridized carbons (Fsp3) is 0.375. The van der Waals surface area contributed by atoms with E-state index in [1.165, 1.54) is 0 Å². The second kappa shape index (κ2) is 7.88. The predicted molar refractivity (Wildman–Crippen MR) is 100 cm³/mol. The minimum Gasteiger partial charge on any atom is -0.369 e. The summed E-state index contributed by atoms with van der Waals surface area (Å²) >= 11 is 12.4. The van der Waals surface area contributed by atoms with Crippen molar-refractivity contribution in [3.05, 3.63) is 40.5 Å². The van der Waals surface area contributed by atoms with Gasteiger partial charge in [-0.05, 0) is 18.2 Å². The smallest absolute Gasteiger partial charge is 0.221 e. The number of hydrogen-bond donors (Lipinski definition) is 2. The first-order chi connectivity index (χ1) is 11.6. The van der Waals surface area contributed by atoms with Crippen molar-refractivity contribution in [2.24, 2.45) is 0 Å². The van der Waals surface area contributed by atoms with Gasteiger partial charge in [0.1, 0.15) is 5.82 Å². The molecule has 0 atom stereocenters. The van der Waals surface area contributed by atoms with E-state index in [1.54, 1.807) is 6.20 Å². The Morgan fingerprint density at radius 2 is 1.92 bits per heavy atom. The van der Waals surface area contributed by atoms with Crippen LogP contribution in [0, 0.1) is 0 Å². The fourth-order valence-electron chi connectivity index (χ4n) is 2.76. The van der Waals surface area contributed by atoms with E-state index in [4.69, 9.17) is 28.9 Å². The zero-order chi connectivity index (χ0) is 16.9. The highest BCUT2D eigenvalue weighted by molar-refractivity contribution is 6.43. The van der Waals surface area contributed by atoms with Crippen LogP contribution in [0.3, 0.4) is 0 Å². The van der Waals surface area contributed by atoms with E-state index in [0.29, 0.717) is 10.0 Å². The van der Waals surface area contributed by atoms with Crippen LogP contribution >= 0.6 is 23.2 Å². The third-order valence-electron chi connectivity index (χ3n) is 4.05. The Kier molecular flexibility index (Phi) is 5.60. The van der Waals surface area contributed by atoms with Gasteiger partial charge in [-0.25, -0.2) is 4.98 Å². The molecule has 3 N–H and O–H groups in total. The zero-order valence-electron chi connectivity index (χ0n) is 13.3. The van der Waals surface area contributed by atoms with Crippen molar-refractivity contribution in [1.29, 1.82) is 0 Å². The number of halogens is 2. The molecule has 1 fully saturated rings. The Morgan fingerprint density at radius 3 is 2.67 bits per heavy atom. The highest BCUT2D eigenvalue weighted by Gasteiger charge is 2.19. The maximum Gasteiger partial charge on any atom is 0.221 e. The molecule has 0 saturated carbocycles. The third-order valence-corrected chi connectivity index (χ3v) is 4.86. The second-order valence-corrected chi connectivity index (χ2v) is 6.41. The van der Waals surface area contributed by atoms with Crippen LogP contribution in [0.1, 0.15) is 0 Å². The molecular formula is C16H20Cl2N6. The first-order valence-corrected chi connectivity index (χ1v) is 8.63. The maximum absolute atomic E-state index is 6.31. The van der Waals surface area contributed by atoms with Crippen LogP contribution in [-0.4, -0.2) is 54.1 Å². The highest BCUT2D eigenvalue weighted by Crippen LogP contribution is 2.32. The van der Waals surface area contributed by atoms with Crippen molar-refractivity contribution in [3.63, 3.8) is 0 Å². The summed E-state index contributed by atoms with van der Waals surface area (Å²) in [5, 5.41) is 4.50. The molecule has 1 aliphatic heterocycles. The van der Waals surface area contributed by atoms with Crippen LogP contribution < -0.4 is 16.0 Å². The molecule has 0 radical (unpaired) electrons. The van der Waals surface area contributed by atoms with E-state index >= 15 is 0 Å². The van der Waals surface area contributed by atoms with Crippen LogP contribution in [0.25, 0.3) is 0 Å². The summed E-state index contributed by atoms with van der Waals surface area (Å²) in [7, 11) is 0. The van der Waals surface area contributed by atoms with Crippen LogP contribution in [0.4, 0.5) is 17.5 Å². The molecule has 8 heteroatoms. The number of anilines is 3. The molecule has 1 saturated heterocycles. The standard InChI is InChI=1S/C16H20Cl2N6/c17-12-2-1-3-13(15(12)18)24-10-8-23(9-11-24)7-6-20-14-4-5-21-16(19)22-14/h1-5H,6-11H2,(H3,19,20,21,22). The number of benzene rings is 1. The topological polar surface area (TPSA) is 70.3 Å². The van der Waals surface area contributed by atoms with Gasteiger partial charge < -0.3 is 16.0 Å². The first-order valence-electron chi connectivity index (χ1n) is 7.87. The van der Waals surface area contributed by atoms with Gasteiger partial charge in [0.25, 0.3) is 0 Å². The summed E-state index contributed by atoms with van der Waals surface area (Å²) in [4.78, 5) is 12.7. The monoisotopic (exact) mass is 366 g/mol. The molecule has 0 bridgehead atoms. The third kappa shape index (κ3) is 4.20. The number of nitrogens with two attached hydrogens (primary N) is 1. The summed E-state index contributed by atoms with van der Waals surface area (Å²) in [6.45, 7) is 5.59. The molecule has 1 aliphatic rings. The Bertz CT molecular complexity index is 688. The van der Waals surface area contributed by atoms with Crippen molar-refractivity contribution < 1.29 is 0 Å². The molecule has 0 unspecified atom stereocenters. The van der Waals surface area contributed by atoms with E-state index in [9.17, 15) is 0 Å². The lowest BCUT2D eigenvalue weighted by atomic mass is 10.2. The number of hydrogen-bond acceptors (Lipinski definition) is 6. The van der Waals surface area contributed by atoms with Gasteiger partial charge >= 0.3 is 0 Å². The highest BCUT2D eigenvalue weighted by atomic mass is 35.5. The molecule has 3 rings (SSSR count). The van der Waals surface area contributed by atoms with E-state index < -0.39 is 0 Å². The molecule has 2 aromatic rings. The molecular weight excluding hydrogens is 347 g/mol. The number of nitrogens with zero attached hydrogens (tertiary/aromatic N) is 4. The number of rotatable bonds is 5. The summed E-state index contributed by atoms with van der Waals surface area (Å²) in [5.41, 5.74) is 6.58. The molecule has 0 spiro atoms. The average molecular weight is 367 g/mol. The molecule has 0 aliphatic carbocycles. The van der Waals surface area contributed by atoms with E-state index in [2.05, 4.69) is 25.1 Å². The van der Waals surface area contributed by atoms with Crippen LogP contribution in [0.2, 0.25) is 10.0 Å². The predicted octanol–water partition coefficient (Wildman–Crippen LogP) is 2.60. The van der Waals surface area contributed by atoms with E-state index in [-0.39, 0.29) is 5.95 Å². The summed E-state index contributed by atoms with van der Waals surface area (Å²) in [6.07, 6.45) is 1.65. The molecule has 24 heavy (non-hydrogen) atoms. The number of nitrogens with one attached hydrogen (secondary N) is 1. The molecule has 6 nitrogen and oxygen atoms in total. The van der Waals surface area contributed by atoms with E-state index in [0.717, 1.165) is 50.8 Å². The van der Waals surface area contributed by atoms with Gasteiger partial charge in [0.15, 0.2) is 0 Å². The van der Waals surface area contributed by atoms with E-state index in [1.807, 2.05) is 24.3 Å². The van der Waals surface area contributed by atoms with Crippen molar-refractivity contribution >= 4 is 40.7 Å². The number of piperazine rings is 1. The lowest BCUT2D eigenvalue weighted by Gasteiger charge is -2.36. The minimum absolute atomic E-state index is 0.284. The van der Waals surface area contributed by atoms with Gasteiger partial charge in [-0.3, -0.25) is 4.90 Å². The van der Waals surface area contributed by atoms with Gasteiger partial charge in [0, 0.05) is 45.5 Å². The van der Waals surface area contributed by atoms with Crippen molar-refractivity contribution in [3.8, 4) is 0 Å². The molecule has 128 valence electrons. The quantitative estimate of drug-likeness (QED) is 0.847. The Morgan fingerprint density at radius 1 is 1.12 bits per heavy atom. The Labute approximate surface area is 151 Å². The van der Waals surface area contributed by atoms with Gasteiger partial charge in [-0.1, -0.05) is 29.3 Å². The summed E-state index contributed by atoms with van der Waals surface area (Å²) in [6, 6.07) is 7.59. The molecule has 1 aromatic carbocycles. The van der Waals surface area contributed by atoms with Crippen molar-refractivity contribution in [1.82, 2.24) is 14.9 Å². The first kappa shape index (κ1) is 17.1. The maximum atomic E-state index is 6.31. The Balaban J connectivity index is 1.46. The SMILES string of the molecule is Nc1nccc(NCCN2CCN(c3cccc(Cl)c3Cl)CC2)n1. The number of aromatic nitrogens is 2. The molecule has 1 aromatic heterocycles. The minimum atomic E-state index is 0.284.